The first-order chi connectivity index (χ1) is 18.3. The molecule has 4 aromatic heterocycles. The van der Waals surface area contributed by atoms with E-state index in [9.17, 15) is 0 Å². The van der Waals surface area contributed by atoms with Gasteiger partial charge in [-0.2, -0.15) is 5.10 Å². The molecule has 1 saturated heterocycles. The molecule has 188 valence electrons. The number of piperidine rings is 1. The monoisotopic (exact) mass is 490 g/mol. The molecule has 1 aliphatic carbocycles. The lowest BCUT2D eigenvalue weighted by atomic mass is 9.85. The van der Waals surface area contributed by atoms with Crippen molar-refractivity contribution in [2.75, 3.05) is 18.0 Å². The second kappa shape index (κ2) is 9.66. The minimum atomic E-state index is 0.806. The predicted molar refractivity (Wildman–Crippen MR) is 151 cm³/mol. The van der Waals surface area contributed by atoms with E-state index < -0.39 is 0 Å². The number of hydrogen-bond donors (Lipinski definition) is 2. The summed E-state index contributed by atoms with van der Waals surface area (Å²) in [6, 6.07) is 11.1. The van der Waals surface area contributed by atoms with Crippen LogP contribution in [0.3, 0.4) is 0 Å². The lowest BCUT2D eigenvalue weighted by molar-refractivity contribution is 0.356. The summed E-state index contributed by atoms with van der Waals surface area (Å²) < 4.78 is 0. The molecule has 0 unspecified atom stereocenters. The highest BCUT2D eigenvalue weighted by atomic mass is 15.1. The summed E-state index contributed by atoms with van der Waals surface area (Å²) in [4.78, 5) is 15.2. The van der Waals surface area contributed by atoms with Gasteiger partial charge in [0.15, 0.2) is 0 Å². The van der Waals surface area contributed by atoms with Crippen molar-refractivity contribution in [3.63, 3.8) is 0 Å². The molecule has 1 aromatic carbocycles. The normalized spacial score (nSPS) is 17.1. The number of anilines is 1. The lowest BCUT2D eigenvalue weighted by Crippen LogP contribution is -2.29. The summed E-state index contributed by atoms with van der Waals surface area (Å²) in [6.07, 6.45) is 19.8. The first-order valence-corrected chi connectivity index (χ1v) is 14.0. The van der Waals surface area contributed by atoms with Gasteiger partial charge in [-0.05, 0) is 67.0 Å². The Morgan fingerprint density at radius 3 is 2.49 bits per heavy atom. The van der Waals surface area contributed by atoms with Gasteiger partial charge in [-0.1, -0.05) is 38.2 Å². The first-order valence-electron chi connectivity index (χ1n) is 14.0. The van der Waals surface area contributed by atoms with Gasteiger partial charge in [-0.15, -0.1) is 0 Å². The summed E-state index contributed by atoms with van der Waals surface area (Å²) in [5.41, 5.74) is 9.00. The summed E-state index contributed by atoms with van der Waals surface area (Å²) >= 11 is 0. The zero-order valence-electron chi connectivity index (χ0n) is 21.3. The molecule has 2 aliphatic rings. The van der Waals surface area contributed by atoms with Crippen molar-refractivity contribution in [1.29, 1.82) is 0 Å². The van der Waals surface area contributed by atoms with Crippen molar-refractivity contribution in [1.82, 2.24) is 25.1 Å². The first kappa shape index (κ1) is 22.5. The van der Waals surface area contributed by atoms with Gasteiger partial charge in [0.05, 0.1) is 34.8 Å². The summed E-state index contributed by atoms with van der Waals surface area (Å²) in [6.45, 7) is 2.20. The quantitative estimate of drug-likeness (QED) is 0.271. The molecule has 1 aliphatic heterocycles. The molecule has 5 aromatic rings. The van der Waals surface area contributed by atoms with Crippen molar-refractivity contribution in [2.24, 2.45) is 5.92 Å². The molecule has 7 rings (SSSR count). The molecule has 6 nitrogen and oxygen atoms in total. The number of benzene rings is 1. The molecule has 6 heteroatoms. The van der Waals surface area contributed by atoms with Crippen molar-refractivity contribution in [2.45, 2.75) is 57.8 Å². The van der Waals surface area contributed by atoms with Crippen molar-refractivity contribution >= 4 is 27.5 Å². The number of nitrogens with zero attached hydrogens (tertiary/aromatic N) is 4. The van der Waals surface area contributed by atoms with Crippen molar-refractivity contribution < 1.29 is 0 Å². The predicted octanol–water partition coefficient (Wildman–Crippen LogP) is 7.28. The molecule has 1 saturated carbocycles. The van der Waals surface area contributed by atoms with E-state index in [1.54, 1.807) is 0 Å². The van der Waals surface area contributed by atoms with Gasteiger partial charge in [0.25, 0.3) is 0 Å². The Labute approximate surface area is 217 Å². The zero-order valence-corrected chi connectivity index (χ0v) is 21.3. The fraction of sp³-hybridized carbons (Fsp3) is 0.387. The minimum Gasteiger partial charge on any atom is -0.370 e. The standard InChI is InChI=1S/C31H34N6/c1-3-7-21(8-4-1)13-22-14-24(18-32-17-22)23-9-10-27-26(15-23)31(36-35-27)28-16-25-29(34-28)19-33-20-30(25)37-11-5-2-6-12-37/h9-10,14-21,34H,1-8,11-13H2,(H,35,36). The highest BCUT2D eigenvalue weighted by Gasteiger charge is 2.18. The number of aromatic nitrogens is 5. The maximum Gasteiger partial charge on any atom is 0.116 e. The number of rotatable bonds is 5. The Balaban J connectivity index is 1.23. The van der Waals surface area contributed by atoms with Crippen LogP contribution < -0.4 is 4.90 Å². The average molecular weight is 491 g/mol. The Morgan fingerprint density at radius 2 is 1.59 bits per heavy atom. The van der Waals surface area contributed by atoms with Crippen LogP contribution in [0, 0.1) is 5.92 Å². The van der Waals surface area contributed by atoms with Gasteiger partial charge in [0, 0.05) is 41.8 Å². The van der Waals surface area contributed by atoms with Crippen LogP contribution in [-0.2, 0) is 6.42 Å². The largest absolute Gasteiger partial charge is 0.370 e. The van der Waals surface area contributed by atoms with Crippen LogP contribution in [0.4, 0.5) is 5.69 Å². The fourth-order valence-electron chi connectivity index (χ4n) is 6.43. The number of hydrogen-bond acceptors (Lipinski definition) is 4. The Hall–Kier alpha value is -3.67. The molecule has 37 heavy (non-hydrogen) atoms. The highest BCUT2D eigenvalue weighted by Crippen LogP contribution is 2.35. The van der Waals surface area contributed by atoms with Crippen LogP contribution in [0.2, 0.25) is 0 Å². The number of H-pyrrole nitrogens is 2. The van der Waals surface area contributed by atoms with Gasteiger partial charge in [-0.3, -0.25) is 15.1 Å². The summed E-state index contributed by atoms with van der Waals surface area (Å²) in [5.74, 6) is 0.806. The number of pyridine rings is 2. The smallest absolute Gasteiger partial charge is 0.116 e. The average Bonchev–Trinajstić information content (AvgIpc) is 3.58. The fourth-order valence-corrected chi connectivity index (χ4v) is 6.43. The SMILES string of the molecule is c1ncc(-c2ccc3[nH]nc(-c4cc5c(N6CCCCC6)cncc5[nH]4)c3c2)cc1CC1CCCCC1. The summed E-state index contributed by atoms with van der Waals surface area (Å²) in [5, 5.41) is 10.3. The molecule has 0 atom stereocenters. The third-order valence-corrected chi connectivity index (χ3v) is 8.42. The maximum absolute atomic E-state index is 4.73. The van der Waals surface area contributed by atoms with Crippen LogP contribution in [0.1, 0.15) is 56.9 Å². The third-order valence-electron chi connectivity index (χ3n) is 8.42. The number of aromatic amines is 2. The molecule has 2 fully saturated rings. The minimum absolute atomic E-state index is 0.806. The third kappa shape index (κ3) is 4.39. The Bertz CT molecular complexity index is 1530. The Morgan fingerprint density at radius 1 is 0.757 bits per heavy atom. The molecule has 0 bridgehead atoms. The number of nitrogens with one attached hydrogen (secondary N) is 2. The van der Waals surface area contributed by atoms with Gasteiger partial charge in [0.2, 0.25) is 0 Å². The van der Waals surface area contributed by atoms with E-state index >= 15 is 0 Å². The topological polar surface area (TPSA) is 73.5 Å². The molecule has 0 radical (unpaired) electrons. The van der Waals surface area contributed by atoms with Crippen molar-refractivity contribution in [3.8, 4) is 22.5 Å². The van der Waals surface area contributed by atoms with Crippen LogP contribution in [0.15, 0.2) is 55.1 Å². The van der Waals surface area contributed by atoms with Gasteiger partial charge >= 0.3 is 0 Å². The molecule has 2 N–H and O–H groups in total. The Kier molecular flexibility index (Phi) is 5.88. The van der Waals surface area contributed by atoms with E-state index in [4.69, 9.17) is 5.10 Å². The van der Waals surface area contributed by atoms with Crippen molar-refractivity contribution in [3.05, 3.63) is 60.7 Å². The van der Waals surface area contributed by atoms with Crippen LogP contribution in [0.5, 0.6) is 0 Å². The molecule has 5 heterocycles. The van der Waals surface area contributed by atoms with E-state index in [-0.39, 0.29) is 0 Å². The van der Waals surface area contributed by atoms with E-state index in [0.717, 1.165) is 53.2 Å². The van der Waals surface area contributed by atoms with E-state index in [2.05, 4.69) is 61.5 Å². The van der Waals surface area contributed by atoms with Gasteiger partial charge in [0.1, 0.15) is 5.69 Å². The van der Waals surface area contributed by atoms with Gasteiger partial charge < -0.3 is 9.88 Å². The molecular formula is C31H34N6. The molecule has 0 amide bonds. The highest BCUT2D eigenvalue weighted by molar-refractivity contribution is 6.00. The van der Waals surface area contributed by atoms with Crippen LogP contribution in [-0.4, -0.2) is 38.2 Å². The van der Waals surface area contributed by atoms with Crippen LogP contribution in [0.25, 0.3) is 44.3 Å². The van der Waals surface area contributed by atoms with Crippen LogP contribution >= 0.6 is 0 Å². The molecule has 0 spiro atoms. The van der Waals surface area contributed by atoms with E-state index in [1.807, 2.05) is 18.6 Å². The number of fused-ring (bicyclic) bond motifs is 2. The van der Waals surface area contributed by atoms with Gasteiger partial charge in [-0.25, -0.2) is 0 Å². The lowest BCUT2D eigenvalue weighted by Gasteiger charge is -2.28. The molecular weight excluding hydrogens is 456 g/mol. The maximum atomic E-state index is 4.73. The van der Waals surface area contributed by atoms with E-state index in [1.165, 1.54) is 79.1 Å². The summed E-state index contributed by atoms with van der Waals surface area (Å²) in [7, 11) is 0. The van der Waals surface area contributed by atoms with E-state index in [0.29, 0.717) is 0 Å². The second-order valence-electron chi connectivity index (χ2n) is 11.0. The second-order valence-corrected chi connectivity index (χ2v) is 11.0. The zero-order chi connectivity index (χ0) is 24.6.